The molecule has 1 aromatic carbocycles. The van der Waals surface area contributed by atoms with Gasteiger partial charge in [-0.3, -0.25) is 16.3 Å². The molecule has 21 heavy (non-hydrogen) atoms. The highest BCUT2D eigenvalue weighted by atomic mass is 15.2. The fraction of sp³-hybridized carbons (Fsp3) is 0.500. The number of hydrogen-bond acceptors (Lipinski definition) is 3. The van der Waals surface area contributed by atoms with E-state index in [4.69, 9.17) is 5.84 Å². The summed E-state index contributed by atoms with van der Waals surface area (Å²) in [6, 6.07) is 10.7. The van der Waals surface area contributed by atoms with Gasteiger partial charge in [-0.2, -0.15) is 0 Å². The molecule has 0 spiro atoms. The number of rotatable bonds is 9. The van der Waals surface area contributed by atoms with Gasteiger partial charge in [-0.05, 0) is 24.1 Å². The molecule has 3 nitrogen and oxygen atoms in total. The molecule has 0 fully saturated rings. The van der Waals surface area contributed by atoms with Crippen LogP contribution in [0, 0.1) is 0 Å². The van der Waals surface area contributed by atoms with Crippen molar-refractivity contribution in [2.45, 2.75) is 57.9 Å². The second-order valence-corrected chi connectivity index (χ2v) is 5.73. The highest BCUT2D eigenvalue weighted by molar-refractivity contribution is 5.78. The van der Waals surface area contributed by atoms with Crippen LogP contribution in [0.1, 0.15) is 63.5 Å². The van der Waals surface area contributed by atoms with Crippen LogP contribution in [0.2, 0.25) is 0 Å². The minimum absolute atomic E-state index is 0.225. The van der Waals surface area contributed by atoms with Gasteiger partial charge in [-0.15, -0.1) is 0 Å². The third-order valence-electron chi connectivity index (χ3n) is 4.08. The molecular weight excluding hydrogens is 258 g/mol. The van der Waals surface area contributed by atoms with Crippen molar-refractivity contribution in [1.82, 2.24) is 10.4 Å². The Kier molecular flexibility index (Phi) is 6.64. The molecule has 114 valence electrons. The summed E-state index contributed by atoms with van der Waals surface area (Å²) in [7, 11) is 0. The van der Waals surface area contributed by atoms with Crippen LogP contribution in [-0.2, 0) is 0 Å². The molecule has 2 rings (SSSR count). The van der Waals surface area contributed by atoms with Gasteiger partial charge in [0.1, 0.15) is 0 Å². The van der Waals surface area contributed by atoms with E-state index in [1.165, 1.54) is 49.5 Å². The van der Waals surface area contributed by atoms with Crippen LogP contribution in [0.15, 0.2) is 36.5 Å². The van der Waals surface area contributed by atoms with Crippen molar-refractivity contribution in [2.75, 3.05) is 0 Å². The molecule has 0 saturated heterocycles. The number of nitrogens with two attached hydrogens (primary N) is 1. The summed E-state index contributed by atoms with van der Waals surface area (Å²) in [5, 5.41) is 1.18. The first-order chi connectivity index (χ1) is 10.3. The van der Waals surface area contributed by atoms with Crippen LogP contribution in [0.25, 0.3) is 10.9 Å². The van der Waals surface area contributed by atoms with E-state index in [-0.39, 0.29) is 6.04 Å². The van der Waals surface area contributed by atoms with Crippen LogP contribution in [0.5, 0.6) is 0 Å². The number of nitrogens with one attached hydrogen (secondary N) is 1. The highest BCUT2D eigenvalue weighted by Crippen LogP contribution is 2.23. The Morgan fingerprint density at radius 2 is 1.90 bits per heavy atom. The average Bonchev–Trinajstić information content (AvgIpc) is 2.54. The number of fused-ring (bicyclic) bond motifs is 1. The number of nitrogens with zero attached hydrogens (tertiary/aromatic N) is 1. The molecule has 0 saturated carbocycles. The topological polar surface area (TPSA) is 50.9 Å². The van der Waals surface area contributed by atoms with Gasteiger partial charge in [0.05, 0.1) is 5.52 Å². The summed E-state index contributed by atoms with van der Waals surface area (Å²) < 4.78 is 0. The van der Waals surface area contributed by atoms with Crippen molar-refractivity contribution in [2.24, 2.45) is 5.84 Å². The van der Waals surface area contributed by atoms with Gasteiger partial charge in [-0.25, -0.2) is 0 Å². The lowest BCUT2D eigenvalue weighted by Crippen LogP contribution is -2.28. The van der Waals surface area contributed by atoms with Crippen LogP contribution in [-0.4, -0.2) is 4.98 Å². The van der Waals surface area contributed by atoms with Gasteiger partial charge < -0.3 is 0 Å². The normalized spacial score (nSPS) is 12.7. The summed E-state index contributed by atoms with van der Waals surface area (Å²) in [6.07, 6.45) is 10.8. The first kappa shape index (κ1) is 15.9. The lowest BCUT2D eigenvalue weighted by atomic mass is 9.99. The maximum atomic E-state index is 5.74. The molecule has 0 aliphatic carbocycles. The molecule has 0 aliphatic heterocycles. The van der Waals surface area contributed by atoms with E-state index < -0.39 is 0 Å². The Labute approximate surface area is 127 Å². The van der Waals surface area contributed by atoms with Crippen molar-refractivity contribution in [3.63, 3.8) is 0 Å². The van der Waals surface area contributed by atoms with E-state index in [0.717, 1.165) is 11.9 Å². The Morgan fingerprint density at radius 3 is 2.71 bits per heavy atom. The Morgan fingerprint density at radius 1 is 1.10 bits per heavy atom. The van der Waals surface area contributed by atoms with Crippen LogP contribution >= 0.6 is 0 Å². The Bertz CT molecular complexity index is 539. The molecule has 1 heterocycles. The van der Waals surface area contributed by atoms with E-state index in [1.807, 2.05) is 12.3 Å². The molecule has 0 aliphatic rings. The first-order valence-electron chi connectivity index (χ1n) is 8.16. The fourth-order valence-corrected chi connectivity index (χ4v) is 2.78. The molecule has 1 unspecified atom stereocenters. The largest absolute Gasteiger partial charge is 0.271 e. The predicted octanol–water partition coefficient (Wildman–Crippen LogP) is 4.49. The van der Waals surface area contributed by atoms with Gasteiger partial charge in [0.15, 0.2) is 0 Å². The molecule has 3 heteroatoms. The third kappa shape index (κ3) is 4.80. The molecule has 3 N–H and O–H groups in total. The summed E-state index contributed by atoms with van der Waals surface area (Å²) in [5.41, 5.74) is 5.23. The Balaban J connectivity index is 1.89. The first-order valence-corrected chi connectivity index (χ1v) is 8.16. The number of hydrogen-bond donors (Lipinski definition) is 2. The van der Waals surface area contributed by atoms with E-state index in [2.05, 4.69) is 41.6 Å². The molecule has 0 radical (unpaired) electrons. The zero-order valence-electron chi connectivity index (χ0n) is 13.0. The van der Waals surface area contributed by atoms with E-state index in [1.54, 1.807) is 0 Å². The number of hydrazine groups is 1. The SMILES string of the molecule is CCCCCCCCC(NN)c1ccc2cccnc2c1. The minimum Gasteiger partial charge on any atom is -0.271 e. The smallest absolute Gasteiger partial charge is 0.0705 e. The second kappa shape index (κ2) is 8.75. The molecule has 0 amide bonds. The lowest BCUT2D eigenvalue weighted by Gasteiger charge is -2.16. The molecular formula is C18H27N3. The van der Waals surface area contributed by atoms with E-state index >= 15 is 0 Å². The predicted molar refractivity (Wildman–Crippen MR) is 89.8 cm³/mol. The molecule has 0 bridgehead atoms. The summed E-state index contributed by atoms with van der Waals surface area (Å²) in [6.45, 7) is 2.25. The summed E-state index contributed by atoms with van der Waals surface area (Å²) >= 11 is 0. The van der Waals surface area contributed by atoms with Gasteiger partial charge in [0, 0.05) is 17.6 Å². The van der Waals surface area contributed by atoms with Crippen molar-refractivity contribution in [1.29, 1.82) is 0 Å². The Hall–Kier alpha value is -1.45. The number of benzene rings is 1. The van der Waals surface area contributed by atoms with Gasteiger partial charge >= 0.3 is 0 Å². The van der Waals surface area contributed by atoms with Crippen molar-refractivity contribution in [3.8, 4) is 0 Å². The zero-order chi connectivity index (χ0) is 14.9. The number of pyridine rings is 1. The average molecular weight is 285 g/mol. The zero-order valence-corrected chi connectivity index (χ0v) is 13.0. The second-order valence-electron chi connectivity index (χ2n) is 5.73. The molecule has 1 atom stereocenters. The van der Waals surface area contributed by atoms with Crippen LogP contribution in [0.4, 0.5) is 0 Å². The standard InChI is InChI=1S/C18H27N3/c1-2-3-4-5-6-7-10-17(21-19)16-12-11-15-9-8-13-20-18(15)14-16/h8-9,11-14,17,21H,2-7,10,19H2,1H3. The fourth-order valence-electron chi connectivity index (χ4n) is 2.78. The maximum Gasteiger partial charge on any atom is 0.0705 e. The third-order valence-corrected chi connectivity index (χ3v) is 4.08. The van der Waals surface area contributed by atoms with Crippen molar-refractivity contribution in [3.05, 3.63) is 42.1 Å². The van der Waals surface area contributed by atoms with Gasteiger partial charge in [-0.1, -0.05) is 63.6 Å². The highest BCUT2D eigenvalue weighted by Gasteiger charge is 2.10. The van der Waals surface area contributed by atoms with E-state index in [9.17, 15) is 0 Å². The monoisotopic (exact) mass is 285 g/mol. The molecule has 1 aromatic heterocycles. The molecule has 2 aromatic rings. The quantitative estimate of drug-likeness (QED) is 0.405. The van der Waals surface area contributed by atoms with Crippen molar-refractivity contribution < 1.29 is 0 Å². The summed E-state index contributed by atoms with van der Waals surface area (Å²) in [4.78, 5) is 4.42. The maximum absolute atomic E-state index is 5.74. The van der Waals surface area contributed by atoms with Crippen LogP contribution < -0.4 is 11.3 Å². The number of unbranched alkanes of at least 4 members (excludes halogenated alkanes) is 5. The van der Waals surface area contributed by atoms with E-state index in [0.29, 0.717) is 0 Å². The van der Waals surface area contributed by atoms with Crippen molar-refractivity contribution >= 4 is 10.9 Å². The van der Waals surface area contributed by atoms with Gasteiger partial charge in [0.2, 0.25) is 0 Å². The van der Waals surface area contributed by atoms with Gasteiger partial charge in [0.25, 0.3) is 0 Å². The lowest BCUT2D eigenvalue weighted by molar-refractivity contribution is 0.477. The number of aromatic nitrogens is 1. The van der Waals surface area contributed by atoms with Crippen LogP contribution in [0.3, 0.4) is 0 Å². The minimum atomic E-state index is 0.225. The summed E-state index contributed by atoms with van der Waals surface area (Å²) in [5.74, 6) is 5.74.